The summed E-state index contributed by atoms with van der Waals surface area (Å²) in [4.78, 5) is 27.5. The van der Waals surface area contributed by atoms with Crippen molar-refractivity contribution in [1.29, 1.82) is 0 Å². The van der Waals surface area contributed by atoms with E-state index in [1.165, 1.54) is 0 Å². The summed E-state index contributed by atoms with van der Waals surface area (Å²) in [5, 5.41) is 4.17. The molecule has 0 fully saturated rings. The molecule has 0 saturated carbocycles. The molecule has 0 saturated heterocycles. The standard InChI is InChI=1S/C19H23N3O3/c1-6-25-19(24)16-12(3)17(20-13(16)4)14(5)21-22-18(23)15-10-8-7-9-11(15)2/h7-10,20H,6H2,1-5H3,(H,22,23)/b21-14+. The van der Waals surface area contributed by atoms with Crippen LogP contribution < -0.4 is 5.43 Å². The van der Waals surface area contributed by atoms with Crippen molar-refractivity contribution in [3.63, 3.8) is 0 Å². The molecule has 0 spiro atoms. The number of hydrogen-bond acceptors (Lipinski definition) is 4. The Balaban J connectivity index is 2.23. The van der Waals surface area contributed by atoms with E-state index in [1.54, 1.807) is 19.9 Å². The first-order valence-electron chi connectivity index (χ1n) is 8.13. The summed E-state index contributed by atoms with van der Waals surface area (Å²) in [6.07, 6.45) is 0. The van der Waals surface area contributed by atoms with Crippen LogP contribution in [0.25, 0.3) is 0 Å². The molecule has 0 unspecified atom stereocenters. The fourth-order valence-electron chi connectivity index (χ4n) is 2.70. The van der Waals surface area contributed by atoms with Gasteiger partial charge in [0.1, 0.15) is 0 Å². The number of esters is 1. The van der Waals surface area contributed by atoms with Crippen LogP contribution in [0.4, 0.5) is 0 Å². The number of hydrogen-bond donors (Lipinski definition) is 2. The number of aromatic nitrogens is 1. The predicted octanol–water partition coefficient (Wildman–Crippen LogP) is 3.27. The van der Waals surface area contributed by atoms with Crippen molar-refractivity contribution in [2.24, 2.45) is 5.10 Å². The van der Waals surface area contributed by atoms with Crippen molar-refractivity contribution in [2.45, 2.75) is 34.6 Å². The number of aryl methyl sites for hydroxylation is 2. The minimum Gasteiger partial charge on any atom is -0.462 e. The summed E-state index contributed by atoms with van der Waals surface area (Å²) in [7, 11) is 0. The van der Waals surface area contributed by atoms with Crippen LogP contribution in [0, 0.1) is 20.8 Å². The van der Waals surface area contributed by atoms with E-state index in [1.807, 2.05) is 39.0 Å². The second-order valence-corrected chi connectivity index (χ2v) is 5.80. The van der Waals surface area contributed by atoms with Crippen LogP contribution >= 0.6 is 0 Å². The molecule has 0 radical (unpaired) electrons. The van der Waals surface area contributed by atoms with Gasteiger partial charge >= 0.3 is 5.97 Å². The number of hydrazone groups is 1. The van der Waals surface area contributed by atoms with E-state index in [0.29, 0.717) is 34.8 Å². The summed E-state index contributed by atoms with van der Waals surface area (Å²) in [5.74, 6) is -0.638. The molecule has 1 aromatic carbocycles. The van der Waals surface area contributed by atoms with Gasteiger partial charge in [0.2, 0.25) is 0 Å². The Bertz CT molecular complexity index is 834. The van der Waals surface area contributed by atoms with Crippen molar-refractivity contribution in [1.82, 2.24) is 10.4 Å². The average molecular weight is 341 g/mol. The Morgan fingerprint density at radius 3 is 2.52 bits per heavy atom. The van der Waals surface area contributed by atoms with Crippen LogP contribution in [0.5, 0.6) is 0 Å². The Hall–Kier alpha value is -2.89. The molecule has 1 amide bonds. The maximum absolute atomic E-state index is 12.2. The van der Waals surface area contributed by atoms with Gasteiger partial charge in [0.25, 0.3) is 5.91 Å². The molecular formula is C19H23N3O3. The van der Waals surface area contributed by atoms with Crippen LogP contribution in [0.15, 0.2) is 29.4 Å². The fraction of sp³-hybridized carbons (Fsp3) is 0.316. The van der Waals surface area contributed by atoms with Crippen LogP contribution in [-0.4, -0.2) is 29.2 Å². The number of nitrogens with one attached hydrogen (secondary N) is 2. The van der Waals surface area contributed by atoms with Crippen LogP contribution in [0.3, 0.4) is 0 Å². The van der Waals surface area contributed by atoms with Gasteiger partial charge in [-0.25, -0.2) is 10.2 Å². The van der Waals surface area contributed by atoms with Gasteiger partial charge in [0.15, 0.2) is 0 Å². The topological polar surface area (TPSA) is 83.6 Å². The highest BCUT2D eigenvalue weighted by Gasteiger charge is 2.20. The third-order valence-corrected chi connectivity index (χ3v) is 3.99. The molecule has 0 aliphatic heterocycles. The average Bonchev–Trinajstić information content (AvgIpc) is 2.87. The minimum absolute atomic E-state index is 0.274. The second kappa shape index (κ2) is 7.79. The van der Waals surface area contributed by atoms with Gasteiger partial charge in [-0.15, -0.1) is 0 Å². The van der Waals surface area contributed by atoms with Crippen LogP contribution in [-0.2, 0) is 4.74 Å². The van der Waals surface area contributed by atoms with E-state index in [-0.39, 0.29) is 11.9 Å². The van der Waals surface area contributed by atoms with E-state index >= 15 is 0 Å². The molecule has 2 N–H and O–H groups in total. The molecule has 1 aromatic heterocycles. The molecule has 6 heteroatoms. The minimum atomic E-state index is -0.364. The first-order valence-corrected chi connectivity index (χ1v) is 8.13. The Kier molecular flexibility index (Phi) is 5.75. The maximum atomic E-state index is 12.2. The molecular weight excluding hydrogens is 318 g/mol. The molecule has 0 atom stereocenters. The zero-order valence-corrected chi connectivity index (χ0v) is 15.2. The summed E-state index contributed by atoms with van der Waals surface area (Å²) >= 11 is 0. The number of rotatable bonds is 5. The maximum Gasteiger partial charge on any atom is 0.340 e. The van der Waals surface area contributed by atoms with Crippen LogP contribution in [0.2, 0.25) is 0 Å². The van der Waals surface area contributed by atoms with Gasteiger partial charge in [-0.3, -0.25) is 4.79 Å². The lowest BCUT2D eigenvalue weighted by Gasteiger charge is -2.05. The number of amides is 1. The molecule has 0 bridgehead atoms. The first kappa shape index (κ1) is 18.4. The predicted molar refractivity (Wildman–Crippen MR) is 97.1 cm³/mol. The highest BCUT2D eigenvalue weighted by molar-refractivity contribution is 6.04. The van der Waals surface area contributed by atoms with E-state index in [2.05, 4.69) is 15.5 Å². The molecule has 0 aliphatic rings. The Morgan fingerprint density at radius 1 is 1.20 bits per heavy atom. The lowest BCUT2D eigenvalue weighted by molar-refractivity contribution is 0.0525. The van der Waals surface area contributed by atoms with Gasteiger partial charge < -0.3 is 9.72 Å². The van der Waals surface area contributed by atoms with Crippen LogP contribution in [0.1, 0.15) is 57.1 Å². The summed E-state index contributed by atoms with van der Waals surface area (Å²) in [6.45, 7) is 9.36. The van der Waals surface area contributed by atoms with Crippen molar-refractivity contribution in [3.8, 4) is 0 Å². The number of aromatic amines is 1. The van der Waals surface area contributed by atoms with Gasteiger partial charge in [0, 0.05) is 11.3 Å². The zero-order valence-electron chi connectivity index (χ0n) is 15.2. The van der Waals surface area contributed by atoms with Gasteiger partial charge in [-0.05, 0) is 51.8 Å². The molecule has 25 heavy (non-hydrogen) atoms. The number of benzene rings is 1. The van der Waals surface area contributed by atoms with Crippen molar-refractivity contribution in [3.05, 3.63) is 57.9 Å². The number of carbonyl (C=O) groups excluding carboxylic acids is 2. The number of ether oxygens (including phenoxy) is 1. The third-order valence-electron chi connectivity index (χ3n) is 3.99. The number of H-pyrrole nitrogens is 1. The van der Waals surface area contributed by atoms with E-state index in [4.69, 9.17) is 4.74 Å². The fourth-order valence-corrected chi connectivity index (χ4v) is 2.70. The zero-order chi connectivity index (χ0) is 18.6. The normalized spacial score (nSPS) is 11.3. The second-order valence-electron chi connectivity index (χ2n) is 5.80. The molecule has 2 rings (SSSR count). The summed E-state index contributed by atoms with van der Waals surface area (Å²) < 4.78 is 5.08. The number of nitrogens with zero attached hydrogens (tertiary/aromatic N) is 1. The lowest BCUT2D eigenvalue weighted by atomic mass is 10.1. The summed E-state index contributed by atoms with van der Waals surface area (Å²) in [6, 6.07) is 7.30. The highest BCUT2D eigenvalue weighted by atomic mass is 16.5. The Morgan fingerprint density at radius 2 is 1.88 bits per heavy atom. The van der Waals surface area contributed by atoms with Crippen molar-refractivity contribution >= 4 is 17.6 Å². The molecule has 6 nitrogen and oxygen atoms in total. The quantitative estimate of drug-likeness (QED) is 0.497. The molecule has 1 heterocycles. The van der Waals surface area contributed by atoms with Gasteiger partial charge in [-0.2, -0.15) is 5.10 Å². The lowest BCUT2D eigenvalue weighted by Crippen LogP contribution is -2.20. The largest absolute Gasteiger partial charge is 0.462 e. The number of carbonyl (C=O) groups is 2. The van der Waals surface area contributed by atoms with E-state index in [9.17, 15) is 9.59 Å². The first-order chi connectivity index (χ1) is 11.9. The van der Waals surface area contributed by atoms with Crippen molar-refractivity contribution < 1.29 is 14.3 Å². The van der Waals surface area contributed by atoms with E-state index < -0.39 is 0 Å². The molecule has 0 aliphatic carbocycles. The third kappa shape index (κ3) is 3.96. The molecule has 2 aromatic rings. The van der Waals surface area contributed by atoms with Crippen molar-refractivity contribution in [2.75, 3.05) is 6.61 Å². The molecule has 132 valence electrons. The summed E-state index contributed by atoms with van der Waals surface area (Å²) in [5.41, 5.74) is 7.27. The monoisotopic (exact) mass is 341 g/mol. The van der Waals surface area contributed by atoms with Gasteiger partial charge in [0.05, 0.1) is 23.6 Å². The SMILES string of the molecule is CCOC(=O)c1c(C)[nH]c(/C(C)=N/NC(=O)c2ccccc2C)c1C. The smallest absolute Gasteiger partial charge is 0.340 e. The highest BCUT2D eigenvalue weighted by Crippen LogP contribution is 2.19. The Labute approximate surface area is 147 Å². The van der Waals surface area contributed by atoms with E-state index in [0.717, 1.165) is 11.1 Å². The van der Waals surface area contributed by atoms with Gasteiger partial charge in [-0.1, -0.05) is 18.2 Å².